The summed E-state index contributed by atoms with van der Waals surface area (Å²) in [6.45, 7) is 4.62. The highest BCUT2D eigenvalue weighted by molar-refractivity contribution is 9.10. The normalized spacial score (nSPS) is 14.8. The van der Waals surface area contributed by atoms with Crippen LogP contribution in [-0.4, -0.2) is 49.2 Å². The molecule has 0 aliphatic carbocycles. The number of rotatable bonds is 7. The quantitative estimate of drug-likeness (QED) is 0.539. The lowest BCUT2D eigenvalue weighted by atomic mass is 10.2. The standard InChI is InChI=1S/C18H20BrN3O4/c19-15-6-7-16(20-8-9-21-10-12-25-13-11-21)17(22(23)24)18(15)26-14-4-2-1-3-5-14/h1-7,20H,8-13H2. The second kappa shape index (κ2) is 8.98. The van der Waals surface area contributed by atoms with Crippen LogP contribution in [0, 0.1) is 10.1 Å². The van der Waals surface area contributed by atoms with Gasteiger partial charge in [-0.1, -0.05) is 18.2 Å². The Hall–Kier alpha value is -2.16. The number of morpholine rings is 1. The van der Waals surface area contributed by atoms with Crippen molar-refractivity contribution in [3.63, 3.8) is 0 Å². The lowest BCUT2D eigenvalue weighted by molar-refractivity contribution is -0.384. The first kappa shape index (κ1) is 18.6. The van der Waals surface area contributed by atoms with Gasteiger partial charge in [0.05, 0.1) is 22.6 Å². The molecule has 0 saturated carbocycles. The molecule has 138 valence electrons. The number of benzene rings is 2. The van der Waals surface area contributed by atoms with Crippen molar-refractivity contribution < 1.29 is 14.4 Å². The number of halogens is 1. The molecule has 1 saturated heterocycles. The molecule has 2 aromatic rings. The van der Waals surface area contributed by atoms with Crippen LogP contribution in [0.1, 0.15) is 0 Å². The summed E-state index contributed by atoms with van der Waals surface area (Å²) in [6, 6.07) is 12.5. The number of nitro groups is 1. The summed E-state index contributed by atoms with van der Waals surface area (Å²) in [5.74, 6) is 0.735. The molecule has 0 aromatic heterocycles. The van der Waals surface area contributed by atoms with E-state index in [0.717, 1.165) is 32.8 Å². The molecule has 0 unspecified atom stereocenters. The third-order valence-electron chi connectivity index (χ3n) is 4.08. The maximum atomic E-state index is 11.7. The Labute approximate surface area is 160 Å². The topological polar surface area (TPSA) is 76.9 Å². The molecule has 0 atom stereocenters. The van der Waals surface area contributed by atoms with Gasteiger partial charge in [0.25, 0.3) is 0 Å². The Morgan fingerprint density at radius 2 is 1.92 bits per heavy atom. The zero-order valence-corrected chi connectivity index (χ0v) is 15.8. The molecule has 0 radical (unpaired) electrons. The number of para-hydroxylation sites is 1. The number of nitro benzene ring substituents is 1. The van der Waals surface area contributed by atoms with Crippen LogP contribution in [-0.2, 0) is 4.74 Å². The molecule has 0 amide bonds. The van der Waals surface area contributed by atoms with Crippen LogP contribution in [0.25, 0.3) is 0 Å². The van der Waals surface area contributed by atoms with E-state index in [9.17, 15) is 10.1 Å². The second-order valence-electron chi connectivity index (χ2n) is 5.83. The largest absolute Gasteiger partial charge is 0.449 e. The Morgan fingerprint density at radius 1 is 1.19 bits per heavy atom. The third-order valence-corrected chi connectivity index (χ3v) is 4.70. The highest BCUT2D eigenvalue weighted by Gasteiger charge is 2.25. The van der Waals surface area contributed by atoms with Gasteiger partial charge in [-0.2, -0.15) is 0 Å². The van der Waals surface area contributed by atoms with E-state index < -0.39 is 4.92 Å². The Balaban J connectivity index is 1.76. The average Bonchev–Trinajstić information content (AvgIpc) is 2.65. The highest BCUT2D eigenvalue weighted by atomic mass is 79.9. The summed E-state index contributed by atoms with van der Waals surface area (Å²) in [5, 5.41) is 14.9. The number of nitrogens with one attached hydrogen (secondary N) is 1. The third kappa shape index (κ3) is 4.72. The zero-order chi connectivity index (χ0) is 18.4. The van der Waals surface area contributed by atoms with Crippen LogP contribution < -0.4 is 10.1 Å². The molecule has 1 aliphatic rings. The fourth-order valence-electron chi connectivity index (χ4n) is 2.75. The van der Waals surface area contributed by atoms with E-state index >= 15 is 0 Å². The molecule has 8 heteroatoms. The van der Waals surface area contributed by atoms with Crippen LogP contribution in [0.5, 0.6) is 11.5 Å². The monoisotopic (exact) mass is 421 g/mol. The second-order valence-corrected chi connectivity index (χ2v) is 6.68. The van der Waals surface area contributed by atoms with Gasteiger partial charge in [-0.05, 0) is 40.2 Å². The Bertz CT molecular complexity index is 752. The molecule has 2 aromatic carbocycles. The predicted molar refractivity (Wildman–Crippen MR) is 103 cm³/mol. The summed E-state index contributed by atoms with van der Waals surface area (Å²) < 4.78 is 11.6. The van der Waals surface area contributed by atoms with Crippen LogP contribution in [0.2, 0.25) is 0 Å². The zero-order valence-electron chi connectivity index (χ0n) is 14.2. The summed E-state index contributed by atoms with van der Waals surface area (Å²) in [6.07, 6.45) is 0. The number of nitrogens with zero attached hydrogens (tertiary/aromatic N) is 2. The van der Waals surface area contributed by atoms with E-state index in [1.807, 2.05) is 18.2 Å². The molecule has 1 fully saturated rings. The molecule has 1 aliphatic heterocycles. The van der Waals surface area contributed by atoms with Crippen molar-refractivity contribution in [3.8, 4) is 11.5 Å². The number of ether oxygens (including phenoxy) is 2. The highest BCUT2D eigenvalue weighted by Crippen LogP contribution is 2.43. The summed E-state index contributed by atoms with van der Waals surface area (Å²) >= 11 is 3.36. The Kier molecular flexibility index (Phi) is 6.43. The molecule has 0 spiro atoms. The van der Waals surface area contributed by atoms with Gasteiger partial charge in [-0.25, -0.2) is 0 Å². The molecule has 26 heavy (non-hydrogen) atoms. The van der Waals surface area contributed by atoms with Gasteiger partial charge < -0.3 is 14.8 Å². The molecule has 7 nitrogen and oxygen atoms in total. The number of hydrogen-bond donors (Lipinski definition) is 1. The first-order chi connectivity index (χ1) is 12.6. The SMILES string of the molecule is O=[N+]([O-])c1c(NCCN2CCOCC2)ccc(Br)c1Oc1ccccc1. The first-order valence-electron chi connectivity index (χ1n) is 8.39. The average molecular weight is 422 g/mol. The van der Waals surface area contributed by atoms with Crippen LogP contribution in [0.15, 0.2) is 46.9 Å². The number of hydrogen-bond acceptors (Lipinski definition) is 6. The molecule has 1 N–H and O–H groups in total. The van der Waals surface area contributed by atoms with Crippen LogP contribution >= 0.6 is 15.9 Å². The minimum Gasteiger partial charge on any atom is -0.449 e. The van der Waals surface area contributed by atoms with E-state index in [-0.39, 0.29) is 11.4 Å². The van der Waals surface area contributed by atoms with Gasteiger partial charge in [0.2, 0.25) is 5.75 Å². The van der Waals surface area contributed by atoms with Gasteiger partial charge in [0.1, 0.15) is 11.4 Å². The molecular formula is C18H20BrN3O4. The minimum atomic E-state index is -0.417. The summed E-state index contributed by atoms with van der Waals surface area (Å²) in [7, 11) is 0. The van der Waals surface area contributed by atoms with Crippen molar-refractivity contribution >= 4 is 27.3 Å². The van der Waals surface area contributed by atoms with E-state index in [0.29, 0.717) is 22.5 Å². The maximum absolute atomic E-state index is 11.7. The summed E-state index contributed by atoms with van der Waals surface area (Å²) in [4.78, 5) is 13.5. The molecule has 3 rings (SSSR count). The molecule has 0 bridgehead atoms. The molecule has 1 heterocycles. The van der Waals surface area contributed by atoms with Crippen molar-refractivity contribution in [2.45, 2.75) is 0 Å². The van der Waals surface area contributed by atoms with Crippen molar-refractivity contribution in [1.29, 1.82) is 0 Å². The lowest BCUT2D eigenvalue weighted by Gasteiger charge is -2.26. The van der Waals surface area contributed by atoms with E-state index in [1.165, 1.54) is 0 Å². The Morgan fingerprint density at radius 3 is 2.62 bits per heavy atom. The summed E-state index contributed by atoms with van der Waals surface area (Å²) in [5.41, 5.74) is 0.364. The lowest BCUT2D eigenvalue weighted by Crippen LogP contribution is -2.39. The van der Waals surface area contributed by atoms with Gasteiger partial charge >= 0.3 is 5.69 Å². The van der Waals surface area contributed by atoms with Crippen LogP contribution in [0.3, 0.4) is 0 Å². The maximum Gasteiger partial charge on any atom is 0.335 e. The van der Waals surface area contributed by atoms with Crippen molar-refractivity contribution in [2.24, 2.45) is 0 Å². The van der Waals surface area contributed by atoms with Gasteiger partial charge in [0.15, 0.2) is 0 Å². The van der Waals surface area contributed by atoms with E-state index in [1.54, 1.807) is 24.3 Å². The fraction of sp³-hybridized carbons (Fsp3) is 0.333. The van der Waals surface area contributed by atoms with Crippen molar-refractivity contribution in [2.75, 3.05) is 44.7 Å². The van der Waals surface area contributed by atoms with Crippen LogP contribution in [0.4, 0.5) is 11.4 Å². The van der Waals surface area contributed by atoms with Gasteiger partial charge in [-0.15, -0.1) is 0 Å². The van der Waals surface area contributed by atoms with Crippen molar-refractivity contribution in [3.05, 3.63) is 57.1 Å². The fourth-order valence-corrected chi connectivity index (χ4v) is 3.15. The minimum absolute atomic E-state index is 0.0785. The first-order valence-corrected chi connectivity index (χ1v) is 9.18. The van der Waals surface area contributed by atoms with E-state index in [2.05, 4.69) is 26.1 Å². The van der Waals surface area contributed by atoms with E-state index in [4.69, 9.17) is 9.47 Å². The van der Waals surface area contributed by atoms with Gasteiger partial charge in [0, 0.05) is 26.2 Å². The molecular weight excluding hydrogens is 402 g/mol. The van der Waals surface area contributed by atoms with Crippen molar-refractivity contribution in [1.82, 2.24) is 4.90 Å². The predicted octanol–water partition coefficient (Wildman–Crippen LogP) is 3.89. The van der Waals surface area contributed by atoms with Gasteiger partial charge in [-0.3, -0.25) is 15.0 Å². The smallest absolute Gasteiger partial charge is 0.335 e. The number of anilines is 1.